The summed E-state index contributed by atoms with van der Waals surface area (Å²) in [5.41, 5.74) is -5.65. The SMILES string of the molecule is O=C1O[C@](Cc2ccccc2)([C@@](O)(C(O)N2CCCCC2)[N+](=O)[O-])C(O)=C1O. The molecule has 2 heterocycles. The number of aliphatic hydroxyl groups is 4. The third kappa shape index (κ3) is 2.99. The van der Waals surface area contributed by atoms with Crippen LogP contribution in [0.25, 0.3) is 0 Å². The number of carbonyl (C=O) groups is 1. The lowest BCUT2D eigenvalue weighted by Crippen LogP contribution is -2.71. The first-order chi connectivity index (χ1) is 13.2. The van der Waals surface area contributed by atoms with Gasteiger partial charge in [-0.15, -0.1) is 0 Å². The molecule has 1 fully saturated rings. The number of benzene rings is 1. The van der Waals surface area contributed by atoms with Gasteiger partial charge in [0, 0.05) is 19.5 Å². The highest BCUT2D eigenvalue weighted by Crippen LogP contribution is 2.44. The first-order valence-electron chi connectivity index (χ1n) is 8.93. The van der Waals surface area contributed by atoms with Gasteiger partial charge in [-0.3, -0.25) is 15.0 Å². The van der Waals surface area contributed by atoms with Crippen molar-refractivity contribution in [1.29, 1.82) is 0 Å². The van der Waals surface area contributed by atoms with Crippen molar-refractivity contribution in [3.8, 4) is 0 Å². The molecule has 152 valence electrons. The molecule has 1 saturated heterocycles. The maximum atomic E-state index is 12.0. The van der Waals surface area contributed by atoms with Gasteiger partial charge in [0.15, 0.2) is 5.76 Å². The van der Waals surface area contributed by atoms with Crippen molar-refractivity contribution >= 4 is 5.97 Å². The summed E-state index contributed by atoms with van der Waals surface area (Å²) in [6.07, 6.45) is -0.437. The minimum Gasteiger partial charge on any atom is -0.505 e. The molecule has 0 bridgehead atoms. The molecule has 0 saturated carbocycles. The zero-order valence-corrected chi connectivity index (χ0v) is 15.0. The van der Waals surface area contributed by atoms with E-state index in [2.05, 4.69) is 0 Å². The van der Waals surface area contributed by atoms with Gasteiger partial charge < -0.3 is 25.2 Å². The number of ether oxygens (including phenoxy) is 1. The number of aliphatic hydroxyl groups excluding tert-OH is 3. The molecule has 4 N–H and O–H groups in total. The Kier molecular flexibility index (Phi) is 5.28. The van der Waals surface area contributed by atoms with Crippen LogP contribution in [0.5, 0.6) is 0 Å². The first-order valence-corrected chi connectivity index (χ1v) is 8.93. The van der Waals surface area contributed by atoms with E-state index in [4.69, 9.17) is 4.74 Å². The molecule has 2 aliphatic heterocycles. The zero-order valence-electron chi connectivity index (χ0n) is 15.0. The van der Waals surface area contributed by atoms with Crippen molar-refractivity contribution < 1.29 is 34.9 Å². The molecule has 1 aromatic rings. The van der Waals surface area contributed by atoms with Crippen molar-refractivity contribution in [1.82, 2.24) is 4.90 Å². The zero-order chi connectivity index (χ0) is 20.5. The molecule has 0 aliphatic carbocycles. The Hall–Kier alpha value is -2.69. The fraction of sp³-hybridized carbons (Fsp3) is 0.500. The third-order valence-corrected chi connectivity index (χ3v) is 5.33. The Labute approximate surface area is 160 Å². The van der Waals surface area contributed by atoms with Gasteiger partial charge in [0.25, 0.3) is 5.60 Å². The van der Waals surface area contributed by atoms with E-state index in [-0.39, 0.29) is 13.1 Å². The number of nitro groups is 1. The molecule has 0 spiro atoms. The highest BCUT2D eigenvalue weighted by Gasteiger charge is 2.75. The summed E-state index contributed by atoms with van der Waals surface area (Å²) in [5.74, 6) is -3.83. The normalized spacial score (nSPS) is 26.6. The number of esters is 1. The summed E-state index contributed by atoms with van der Waals surface area (Å²) in [6, 6.07) is 8.02. The Balaban J connectivity index is 2.13. The van der Waals surface area contributed by atoms with E-state index in [1.807, 2.05) is 0 Å². The lowest BCUT2D eigenvalue weighted by atomic mass is 9.81. The van der Waals surface area contributed by atoms with Gasteiger partial charge in [0.2, 0.25) is 12.0 Å². The number of hydrogen-bond donors (Lipinski definition) is 4. The minimum absolute atomic E-state index is 0.281. The Bertz CT molecular complexity index is 792. The number of piperidine rings is 1. The molecule has 3 atom stereocenters. The fourth-order valence-electron chi connectivity index (χ4n) is 3.79. The topological polar surface area (TPSA) is 154 Å². The van der Waals surface area contributed by atoms with Gasteiger partial charge in [0.05, 0.1) is 4.92 Å². The molecule has 10 nitrogen and oxygen atoms in total. The standard InChI is InChI=1S/C18H22N2O8/c21-13-14(22)17(28-15(13)23,11-12-7-3-1-4-8-12)18(25,20(26)27)16(24)19-9-5-2-6-10-19/h1,3-4,7-8,16,21-22,24-25H,2,5-6,9-11H2/t16?,17-,18-/m0/s1. The summed E-state index contributed by atoms with van der Waals surface area (Å²) in [5, 5.41) is 54.3. The van der Waals surface area contributed by atoms with Crippen molar-refractivity contribution in [2.75, 3.05) is 13.1 Å². The van der Waals surface area contributed by atoms with Crippen LogP contribution in [-0.4, -0.2) is 66.9 Å². The molecule has 0 radical (unpaired) electrons. The fourth-order valence-corrected chi connectivity index (χ4v) is 3.79. The molecule has 0 amide bonds. The Morgan fingerprint density at radius 3 is 2.32 bits per heavy atom. The minimum atomic E-state index is -3.33. The van der Waals surface area contributed by atoms with E-state index in [1.54, 1.807) is 30.3 Å². The average molecular weight is 394 g/mol. The van der Waals surface area contributed by atoms with Crippen LogP contribution in [0.3, 0.4) is 0 Å². The van der Waals surface area contributed by atoms with Gasteiger partial charge in [-0.2, -0.15) is 0 Å². The van der Waals surface area contributed by atoms with Crippen molar-refractivity contribution in [3.05, 3.63) is 57.5 Å². The van der Waals surface area contributed by atoms with E-state index in [9.17, 15) is 35.3 Å². The number of likely N-dealkylation sites (tertiary alicyclic amines) is 1. The van der Waals surface area contributed by atoms with Gasteiger partial charge in [-0.05, 0) is 18.4 Å². The summed E-state index contributed by atoms with van der Waals surface area (Å²) in [4.78, 5) is 24.1. The van der Waals surface area contributed by atoms with E-state index < -0.39 is 46.4 Å². The van der Waals surface area contributed by atoms with Crippen LogP contribution >= 0.6 is 0 Å². The monoisotopic (exact) mass is 394 g/mol. The molecule has 0 aromatic heterocycles. The molecule has 2 aliphatic rings. The molecular formula is C18H22N2O8. The summed E-state index contributed by atoms with van der Waals surface area (Å²) in [6.45, 7) is 0.562. The second-order valence-corrected chi connectivity index (χ2v) is 7.03. The predicted molar refractivity (Wildman–Crippen MR) is 94.6 cm³/mol. The largest absolute Gasteiger partial charge is 0.505 e. The van der Waals surface area contributed by atoms with Crippen LogP contribution in [0.2, 0.25) is 0 Å². The molecular weight excluding hydrogens is 372 g/mol. The lowest BCUT2D eigenvalue weighted by molar-refractivity contribution is -0.666. The summed E-state index contributed by atoms with van der Waals surface area (Å²) >= 11 is 0. The summed E-state index contributed by atoms with van der Waals surface area (Å²) in [7, 11) is 0. The van der Waals surface area contributed by atoms with E-state index in [0.29, 0.717) is 18.4 Å². The number of hydrogen-bond acceptors (Lipinski definition) is 9. The van der Waals surface area contributed by atoms with Gasteiger partial charge in [-0.25, -0.2) is 4.79 Å². The number of rotatable bonds is 6. The quantitative estimate of drug-likeness (QED) is 0.235. The molecule has 10 heteroatoms. The van der Waals surface area contributed by atoms with Gasteiger partial charge in [0.1, 0.15) is 0 Å². The number of carbonyl (C=O) groups excluding carboxylic acids is 1. The van der Waals surface area contributed by atoms with E-state index in [0.717, 1.165) is 6.42 Å². The molecule has 1 aromatic carbocycles. The van der Waals surface area contributed by atoms with Crippen LogP contribution in [0.1, 0.15) is 24.8 Å². The van der Waals surface area contributed by atoms with Crippen molar-refractivity contribution in [2.45, 2.75) is 43.2 Å². The maximum Gasteiger partial charge on any atom is 0.409 e. The number of nitrogens with zero attached hydrogens (tertiary/aromatic N) is 2. The van der Waals surface area contributed by atoms with E-state index in [1.165, 1.54) is 4.90 Å². The Morgan fingerprint density at radius 2 is 1.82 bits per heavy atom. The number of cyclic esters (lactones) is 1. The predicted octanol–water partition coefficient (Wildman–Crippen LogP) is 0.622. The van der Waals surface area contributed by atoms with Gasteiger partial charge in [-0.1, -0.05) is 36.8 Å². The van der Waals surface area contributed by atoms with Crippen LogP contribution in [0, 0.1) is 10.1 Å². The molecule has 1 unspecified atom stereocenters. The average Bonchev–Trinajstić information content (AvgIpc) is 2.92. The van der Waals surface area contributed by atoms with Crippen LogP contribution < -0.4 is 0 Å². The maximum absolute atomic E-state index is 12.0. The lowest BCUT2D eigenvalue weighted by Gasteiger charge is -2.42. The highest BCUT2D eigenvalue weighted by molar-refractivity contribution is 5.90. The highest BCUT2D eigenvalue weighted by atomic mass is 16.7. The Morgan fingerprint density at radius 1 is 1.21 bits per heavy atom. The van der Waals surface area contributed by atoms with Crippen LogP contribution in [0.15, 0.2) is 41.9 Å². The van der Waals surface area contributed by atoms with E-state index >= 15 is 0 Å². The smallest absolute Gasteiger partial charge is 0.409 e. The first kappa shape index (κ1) is 20.1. The summed E-state index contributed by atoms with van der Waals surface area (Å²) < 4.78 is 5.02. The molecule has 3 rings (SSSR count). The second-order valence-electron chi connectivity index (χ2n) is 7.03. The van der Waals surface area contributed by atoms with Crippen molar-refractivity contribution in [3.63, 3.8) is 0 Å². The van der Waals surface area contributed by atoms with Crippen LogP contribution in [0.4, 0.5) is 0 Å². The van der Waals surface area contributed by atoms with Crippen molar-refractivity contribution in [2.24, 2.45) is 0 Å². The third-order valence-electron chi connectivity index (χ3n) is 5.33. The second kappa shape index (κ2) is 7.38. The van der Waals surface area contributed by atoms with Crippen LogP contribution in [-0.2, 0) is 16.0 Å². The van der Waals surface area contributed by atoms with Gasteiger partial charge >= 0.3 is 11.7 Å². The molecule has 28 heavy (non-hydrogen) atoms.